The highest BCUT2D eigenvalue weighted by Gasteiger charge is 2.18. The molecule has 1 amide bonds. The van der Waals surface area contributed by atoms with Gasteiger partial charge in [0.25, 0.3) is 5.91 Å². The maximum Gasteiger partial charge on any atom is 0.255 e. The van der Waals surface area contributed by atoms with Gasteiger partial charge < -0.3 is 19.2 Å². The lowest BCUT2D eigenvalue weighted by Crippen LogP contribution is -2.39. The molecule has 1 aromatic carbocycles. The SMILES string of the molecule is O=C(NCC1COCCO1)c1coc2ccc(F)cc12. The smallest absolute Gasteiger partial charge is 0.255 e. The maximum absolute atomic E-state index is 13.2. The van der Waals surface area contributed by atoms with Gasteiger partial charge in [-0.3, -0.25) is 4.79 Å². The topological polar surface area (TPSA) is 60.7 Å². The van der Waals surface area contributed by atoms with Gasteiger partial charge in [-0.25, -0.2) is 4.39 Å². The molecule has 20 heavy (non-hydrogen) atoms. The Kier molecular flexibility index (Phi) is 3.66. The third kappa shape index (κ3) is 2.66. The molecule has 1 aliphatic rings. The van der Waals surface area contributed by atoms with E-state index in [1.807, 2.05) is 0 Å². The molecular formula is C14H14FNO4. The number of hydrogen-bond donors (Lipinski definition) is 1. The van der Waals surface area contributed by atoms with E-state index in [1.54, 1.807) is 0 Å². The second-order valence-electron chi connectivity index (χ2n) is 4.57. The van der Waals surface area contributed by atoms with E-state index in [0.717, 1.165) is 0 Å². The van der Waals surface area contributed by atoms with E-state index in [1.165, 1.54) is 24.5 Å². The number of furan rings is 1. The molecule has 2 heterocycles. The number of carbonyl (C=O) groups excluding carboxylic acids is 1. The fraction of sp³-hybridized carbons (Fsp3) is 0.357. The first-order chi connectivity index (χ1) is 9.74. The van der Waals surface area contributed by atoms with Gasteiger partial charge in [0.05, 0.1) is 31.5 Å². The van der Waals surface area contributed by atoms with Gasteiger partial charge in [0.15, 0.2) is 0 Å². The summed E-state index contributed by atoms with van der Waals surface area (Å²) >= 11 is 0. The van der Waals surface area contributed by atoms with Crippen molar-refractivity contribution in [1.29, 1.82) is 0 Å². The zero-order valence-electron chi connectivity index (χ0n) is 10.7. The molecule has 106 valence electrons. The molecule has 1 atom stereocenters. The molecule has 0 spiro atoms. The van der Waals surface area contributed by atoms with Crippen molar-refractivity contribution in [1.82, 2.24) is 5.32 Å². The average molecular weight is 279 g/mol. The Balaban J connectivity index is 1.70. The van der Waals surface area contributed by atoms with Crippen LogP contribution in [0.15, 0.2) is 28.9 Å². The number of carbonyl (C=O) groups is 1. The number of ether oxygens (including phenoxy) is 2. The Morgan fingerprint density at radius 3 is 3.10 bits per heavy atom. The second-order valence-corrected chi connectivity index (χ2v) is 4.57. The van der Waals surface area contributed by atoms with Crippen molar-refractivity contribution < 1.29 is 23.1 Å². The van der Waals surface area contributed by atoms with E-state index in [4.69, 9.17) is 13.9 Å². The minimum atomic E-state index is -0.406. The first-order valence-corrected chi connectivity index (χ1v) is 6.38. The van der Waals surface area contributed by atoms with E-state index >= 15 is 0 Å². The zero-order valence-corrected chi connectivity index (χ0v) is 10.7. The predicted molar refractivity (Wildman–Crippen MR) is 69.1 cm³/mol. The van der Waals surface area contributed by atoms with Crippen molar-refractivity contribution in [2.24, 2.45) is 0 Å². The largest absolute Gasteiger partial charge is 0.463 e. The number of hydrogen-bond acceptors (Lipinski definition) is 4. The summed E-state index contributed by atoms with van der Waals surface area (Å²) in [5.74, 6) is -0.722. The highest BCUT2D eigenvalue weighted by molar-refractivity contribution is 6.05. The van der Waals surface area contributed by atoms with Crippen molar-refractivity contribution in [3.05, 3.63) is 35.8 Å². The van der Waals surface area contributed by atoms with Gasteiger partial charge in [-0.2, -0.15) is 0 Å². The minimum absolute atomic E-state index is 0.150. The van der Waals surface area contributed by atoms with Crippen LogP contribution in [0.2, 0.25) is 0 Å². The van der Waals surface area contributed by atoms with E-state index < -0.39 is 5.82 Å². The van der Waals surface area contributed by atoms with Gasteiger partial charge in [0, 0.05) is 11.9 Å². The van der Waals surface area contributed by atoms with Crippen molar-refractivity contribution >= 4 is 16.9 Å². The molecule has 2 aromatic rings. The lowest BCUT2D eigenvalue weighted by Gasteiger charge is -2.22. The number of nitrogens with one attached hydrogen (secondary N) is 1. The molecule has 0 aliphatic carbocycles. The van der Waals surface area contributed by atoms with Crippen LogP contribution in [0.25, 0.3) is 11.0 Å². The molecule has 1 N–H and O–H groups in total. The minimum Gasteiger partial charge on any atom is -0.463 e. The van der Waals surface area contributed by atoms with E-state index in [0.29, 0.717) is 42.9 Å². The molecule has 6 heteroatoms. The lowest BCUT2D eigenvalue weighted by molar-refractivity contribution is -0.0855. The molecule has 1 aromatic heterocycles. The van der Waals surface area contributed by atoms with Gasteiger partial charge in [-0.1, -0.05) is 0 Å². The Hall–Kier alpha value is -1.92. The van der Waals surface area contributed by atoms with E-state index in [-0.39, 0.29) is 12.0 Å². The summed E-state index contributed by atoms with van der Waals surface area (Å²) in [4.78, 5) is 12.1. The summed E-state index contributed by atoms with van der Waals surface area (Å²) in [6.07, 6.45) is 1.18. The third-order valence-corrected chi connectivity index (χ3v) is 3.16. The van der Waals surface area contributed by atoms with Crippen LogP contribution < -0.4 is 5.32 Å². The second kappa shape index (κ2) is 5.60. The Morgan fingerprint density at radius 1 is 1.40 bits per heavy atom. The van der Waals surface area contributed by atoms with Crippen LogP contribution in [0, 0.1) is 5.82 Å². The molecule has 3 rings (SSSR count). The molecule has 5 nitrogen and oxygen atoms in total. The number of benzene rings is 1. The number of rotatable bonds is 3. The van der Waals surface area contributed by atoms with Gasteiger partial charge >= 0.3 is 0 Å². The van der Waals surface area contributed by atoms with Crippen LogP contribution in [0.1, 0.15) is 10.4 Å². The molecule has 0 radical (unpaired) electrons. The van der Waals surface area contributed by atoms with E-state index in [9.17, 15) is 9.18 Å². The lowest BCUT2D eigenvalue weighted by atomic mass is 10.1. The van der Waals surface area contributed by atoms with Gasteiger partial charge in [0.2, 0.25) is 0 Å². The van der Waals surface area contributed by atoms with Crippen LogP contribution in [0.5, 0.6) is 0 Å². The Bertz CT molecular complexity index is 619. The zero-order chi connectivity index (χ0) is 13.9. The summed E-state index contributed by atoms with van der Waals surface area (Å²) in [5.41, 5.74) is 0.796. The van der Waals surface area contributed by atoms with Crippen LogP contribution in [-0.4, -0.2) is 38.4 Å². The van der Waals surface area contributed by atoms with Gasteiger partial charge in [0.1, 0.15) is 17.7 Å². The summed E-state index contributed by atoms with van der Waals surface area (Å²) < 4.78 is 29.1. The summed E-state index contributed by atoms with van der Waals surface area (Å²) in [7, 11) is 0. The molecule has 1 saturated heterocycles. The standard InChI is InChI=1S/C14H14FNO4/c15-9-1-2-13-11(5-9)12(8-20-13)14(17)16-6-10-7-18-3-4-19-10/h1-2,5,8,10H,3-4,6-7H2,(H,16,17). The highest BCUT2D eigenvalue weighted by Crippen LogP contribution is 2.22. The van der Waals surface area contributed by atoms with Crippen LogP contribution >= 0.6 is 0 Å². The van der Waals surface area contributed by atoms with Gasteiger partial charge in [-0.15, -0.1) is 0 Å². The van der Waals surface area contributed by atoms with Crippen LogP contribution in [0.4, 0.5) is 4.39 Å². The normalized spacial score (nSPS) is 19.1. The summed E-state index contributed by atoms with van der Waals surface area (Å²) in [6, 6.07) is 4.08. The van der Waals surface area contributed by atoms with Crippen LogP contribution in [0.3, 0.4) is 0 Å². The fourth-order valence-electron chi connectivity index (χ4n) is 2.13. The molecule has 0 bridgehead atoms. The molecule has 1 aliphatic heterocycles. The maximum atomic E-state index is 13.2. The van der Waals surface area contributed by atoms with E-state index in [2.05, 4.69) is 5.32 Å². The molecule has 0 saturated carbocycles. The van der Waals surface area contributed by atoms with Crippen molar-refractivity contribution in [3.63, 3.8) is 0 Å². The van der Waals surface area contributed by atoms with Crippen molar-refractivity contribution in [2.75, 3.05) is 26.4 Å². The monoisotopic (exact) mass is 279 g/mol. The van der Waals surface area contributed by atoms with Gasteiger partial charge in [-0.05, 0) is 18.2 Å². The highest BCUT2D eigenvalue weighted by atomic mass is 19.1. The van der Waals surface area contributed by atoms with Crippen molar-refractivity contribution in [2.45, 2.75) is 6.10 Å². The molecule has 1 unspecified atom stereocenters. The molecular weight excluding hydrogens is 265 g/mol. The summed E-state index contributed by atoms with van der Waals surface area (Å²) in [5, 5.41) is 3.20. The Labute approximate surface area is 114 Å². The number of halogens is 1. The first-order valence-electron chi connectivity index (χ1n) is 6.38. The molecule has 1 fully saturated rings. The predicted octanol–water partition coefficient (Wildman–Crippen LogP) is 1.72. The summed E-state index contributed by atoms with van der Waals surface area (Å²) in [6.45, 7) is 1.92. The first kappa shape index (κ1) is 13.1. The van der Waals surface area contributed by atoms with Crippen molar-refractivity contribution in [3.8, 4) is 0 Å². The average Bonchev–Trinajstić information content (AvgIpc) is 2.89. The number of amides is 1. The Morgan fingerprint density at radius 2 is 2.30 bits per heavy atom. The number of fused-ring (bicyclic) bond motifs is 1. The quantitative estimate of drug-likeness (QED) is 0.929. The third-order valence-electron chi connectivity index (χ3n) is 3.16. The van der Waals surface area contributed by atoms with Crippen LogP contribution in [-0.2, 0) is 9.47 Å². The fourth-order valence-corrected chi connectivity index (χ4v) is 2.13.